The summed E-state index contributed by atoms with van der Waals surface area (Å²) in [6.07, 6.45) is -2.02. The maximum atomic E-state index is 11.8. The molecule has 1 saturated carbocycles. The van der Waals surface area contributed by atoms with Gasteiger partial charge in [-0.05, 0) is 24.7 Å². The Morgan fingerprint density at radius 2 is 1.91 bits per heavy atom. The molecule has 1 rings (SSSR count). The van der Waals surface area contributed by atoms with Crippen LogP contribution in [0.5, 0.6) is 0 Å². The second-order valence-corrected chi connectivity index (χ2v) is 3.60. The highest BCUT2D eigenvalue weighted by Gasteiger charge is 2.34. The van der Waals surface area contributed by atoms with Gasteiger partial charge in [-0.3, -0.25) is 0 Å². The van der Waals surface area contributed by atoms with Crippen molar-refractivity contribution in [2.24, 2.45) is 11.8 Å². The fourth-order valence-corrected chi connectivity index (χ4v) is 1.84. The highest BCUT2D eigenvalue weighted by molar-refractivity contribution is 4.74. The molecule has 66 valence electrons. The summed E-state index contributed by atoms with van der Waals surface area (Å²) in [6.45, 7) is 2.02. The normalized spacial score (nSPS) is 32.7. The van der Waals surface area contributed by atoms with Crippen LogP contribution in [0.3, 0.4) is 0 Å². The molecule has 1 aliphatic carbocycles. The van der Waals surface area contributed by atoms with E-state index < -0.39 is 12.6 Å². The van der Waals surface area contributed by atoms with Crippen molar-refractivity contribution in [1.29, 1.82) is 0 Å². The first-order valence-electron chi connectivity index (χ1n) is 4.04. The van der Waals surface area contributed by atoms with Gasteiger partial charge in [-0.25, -0.2) is 0 Å². The zero-order valence-corrected chi connectivity index (χ0v) is 6.62. The molecule has 11 heavy (non-hydrogen) atoms. The molecule has 1 aliphatic rings. The summed E-state index contributed by atoms with van der Waals surface area (Å²) in [4.78, 5) is 0. The third-order valence-corrected chi connectivity index (χ3v) is 2.32. The molecule has 1 fully saturated rings. The molecular formula is C8H13F3. The number of hydrogen-bond donors (Lipinski definition) is 0. The molecule has 2 atom stereocenters. The lowest BCUT2D eigenvalue weighted by Crippen LogP contribution is -2.12. The first-order chi connectivity index (χ1) is 4.97. The molecule has 0 heterocycles. The summed E-state index contributed by atoms with van der Waals surface area (Å²) < 4.78 is 35.5. The van der Waals surface area contributed by atoms with Gasteiger partial charge < -0.3 is 0 Å². The number of hydrogen-bond acceptors (Lipinski definition) is 0. The Labute approximate surface area is 64.8 Å². The van der Waals surface area contributed by atoms with E-state index in [0.29, 0.717) is 5.92 Å². The first kappa shape index (κ1) is 8.88. The van der Waals surface area contributed by atoms with Gasteiger partial charge in [-0.15, -0.1) is 0 Å². The van der Waals surface area contributed by atoms with Crippen LogP contribution in [-0.4, -0.2) is 6.18 Å². The lowest BCUT2D eigenvalue weighted by atomic mass is 10.0. The first-order valence-corrected chi connectivity index (χ1v) is 4.04. The standard InChI is InChI=1S/C8H13F3/c1-6-2-3-7(4-6)5-8(9,10)11/h6-7H,2-5H2,1H3. The Bertz CT molecular complexity index is 128. The Hall–Kier alpha value is -0.210. The summed E-state index contributed by atoms with van der Waals surface area (Å²) in [7, 11) is 0. The third-order valence-electron chi connectivity index (χ3n) is 2.32. The van der Waals surface area contributed by atoms with Crippen molar-refractivity contribution in [3.05, 3.63) is 0 Å². The Morgan fingerprint density at radius 1 is 1.27 bits per heavy atom. The van der Waals surface area contributed by atoms with Crippen LogP contribution in [0.15, 0.2) is 0 Å². The zero-order chi connectivity index (χ0) is 8.48. The minimum atomic E-state index is -3.95. The van der Waals surface area contributed by atoms with Gasteiger partial charge in [0.05, 0.1) is 0 Å². The van der Waals surface area contributed by atoms with Crippen molar-refractivity contribution in [3.63, 3.8) is 0 Å². The molecule has 2 unspecified atom stereocenters. The average molecular weight is 166 g/mol. The van der Waals surface area contributed by atoms with Gasteiger partial charge in [0.25, 0.3) is 0 Å². The Kier molecular flexibility index (Phi) is 2.45. The molecule has 0 aromatic carbocycles. The maximum Gasteiger partial charge on any atom is 0.389 e. The molecule has 3 heteroatoms. The largest absolute Gasteiger partial charge is 0.389 e. The second-order valence-electron chi connectivity index (χ2n) is 3.60. The summed E-state index contributed by atoms with van der Waals surface area (Å²) >= 11 is 0. The quantitative estimate of drug-likeness (QED) is 0.560. The van der Waals surface area contributed by atoms with Crippen molar-refractivity contribution in [3.8, 4) is 0 Å². The van der Waals surface area contributed by atoms with E-state index in [-0.39, 0.29) is 5.92 Å². The summed E-state index contributed by atoms with van der Waals surface area (Å²) in [5.74, 6) is 0.410. The minimum absolute atomic E-state index is 0.0926. The number of halogens is 3. The molecule has 0 spiro atoms. The van der Waals surface area contributed by atoms with E-state index in [4.69, 9.17) is 0 Å². The van der Waals surface area contributed by atoms with Crippen molar-refractivity contribution in [1.82, 2.24) is 0 Å². The van der Waals surface area contributed by atoms with Crippen LogP contribution in [0.25, 0.3) is 0 Å². The Balaban J connectivity index is 2.29. The van der Waals surface area contributed by atoms with E-state index in [1.54, 1.807) is 0 Å². The van der Waals surface area contributed by atoms with Gasteiger partial charge >= 0.3 is 6.18 Å². The lowest BCUT2D eigenvalue weighted by molar-refractivity contribution is -0.144. The molecule has 0 saturated heterocycles. The van der Waals surface area contributed by atoms with Crippen LogP contribution in [0, 0.1) is 11.8 Å². The zero-order valence-electron chi connectivity index (χ0n) is 6.62. The molecule has 0 aliphatic heterocycles. The highest BCUT2D eigenvalue weighted by atomic mass is 19.4. The second kappa shape index (κ2) is 3.03. The van der Waals surface area contributed by atoms with E-state index in [1.807, 2.05) is 6.92 Å². The van der Waals surface area contributed by atoms with Gasteiger partial charge in [0.2, 0.25) is 0 Å². The van der Waals surface area contributed by atoms with E-state index in [2.05, 4.69) is 0 Å². The summed E-state index contributed by atoms with van der Waals surface area (Å²) in [5, 5.41) is 0. The monoisotopic (exact) mass is 166 g/mol. The predicted molar refractivity (Wildman–Crippen MR) is 37.2 cm³/mol. The van der Waals surface area contributed by atoms with Crippen molar-refractivity contribution in [2.45, 2.75) is 38.8 Å². The van der Waals surface area contributed by atoms with Crippen LogP contribution in [0.2, 0.25) is 0 Å². The SMILES string of the molecule is CC1CCC(CC(F)(F)F)C1. The van der Waals surface area contributed by atoms with Gasteiger partial charge in [0, 0.05) is 6.42 Å². The fraction of sp³-hybridized carbons (Fsp3) is 1.00. The predicted octanol–water partition coefficient (Wildman–Crippen LogP) is 3.38. The molecule has 0 amide bonds. The van der Waals surface area contributed by atoms with Crippen LogP contribution in [0.1, 0.15) is 32.6 Å². The van der Waals surface area contributed by atoms with Gasteiger partial charge in [-0.1, -0.05) is 13.3 Å². The molecule has 0 aromatic rings. The third kappa shape index (κ3) is 3.12. The summed E-state index contributed by atoms with van der Waals surface area (Å²) in [5.41, 5.74) is 0. The van der Waals surface area contributed by atoms with Crippen LogP contribution in [-0.2, 0) is 0 Å². The van der Waals surface area contributed by atoms with Crippen molar-refractivity contribution in [2.75, 3.05) is 0 Å². The average Bonchev–Trinajstić information content (AvgIpc) is 2.10. The van der Waals surface area contributed by atoms with Crippen LogP contribution in [0.4, 0.5) is 13.2 Å². The minimum Gasteiger partial charge on any atom is -0.171 e. The Morgan fingerprint density at radius 3 is 2.27 bits per heavy atom. The van der Waals surface area contributed by atoms with E-state index in [0.717, 1.165) is 19.3 Å². The van der Waals surface area contributed by atoms with E-state index in [9.17, 15) is 13.2 Å². The highest BCUT2D eigenvalue weighted by Crippen LogP contribution is 2.37. The molecule has 0 N–H and O–H groups in total. The van der Waals surface area contributed by atoms with Crippen LogP contribution >= 0.6 is 0 Å². The van der Waals surface area contributed by atoms with Crippen molar-refractivity contribution >= 4 is 0 Å². The molecule has 0 bridgehead atoms. The summed E-state index contributed by atoms with van der Waals surface area (Å²) in [6, 6.07) is 0. The number of rotatable bonds is 1. The van der Waals surface area contributed by atoms with Gasteiger partial charge in [0.15, 0.2) is 0 Å². The smallest absolute Gasteiger partial charge is 0.171 e. The maximum absolute atomic E-state index is 11.8. The van der Waals surface area contributed by atoms with Gasteiger partial charge in [-0.2, -0.15) is 13.2 Å². The number of alkyl halides is 3. The van der Waals surface area contributed by atoms with E-state index in [1.165, 1.54) is 0 Å². The van der Waals surface area contributed by atoms with Gasteiger partial charge in [0.1, 0.15) is 0 Å². The molecule has 0 radical (unpaired) electrons. The fourth-order valence-electron chi connectivity index (χ4n) is 1.84. The molecule has 0 aromatic heterocycles. The molecular weight excluding hydrogens is 153 g/mol. The molecule has 0 nitrogen and oxygen atoms in total. The lowest BCUT2D eigenvalue weighted by Gasteiger charge is -2.11. The topological polar surface area (TPSA) is 0 Å². The van der Waals surface area contributed by atoms with Crippen molar-refractivity contribution < 1.29 is 13.2 Å². The van der Waals surface area contributed by atoms with Crippen LogP contribution < -0.4 is 0 Å². The van der Waals surface area contributed by atoms with E-state index >= 15 is 0 Å².